The van der Waals surface area contributed by atoms with Crippen LogP contribution in [-0.4, -0.2) is 10.2 Å². The summed E-state index contributed by atoms with van der Waals surface area (Å²) in [7, 11) is 0. The Labute approximate surface area is 224 Å². The van der Waals surface area contributed by atoms with Crippen LogP contribution in [0, 0.1) is 0 Å². The third-order valence-electron chi connectivity index (χ3n) is 7.69. The fraction of sp³-hybridized carbons (Fsp3) is 0.111. The molecule has 0 radical (unpaired) electrons. The van der Waals surface area contributed by atoms with Crippen LogP contribution in [0.3, 0.4) is 0 Å². The summed E-state index contributed by atoms with van der Waals surface area (Å²) in [5.41, 5.74) is 10.1. The van der Waals surface area contributed by atoms with Crippen LogP contribution in [0.25, 0.3) is 33.4 Å². The minimum absolute atomic E-state index is 0.299. The molecule has 2 nitrogen and oxygen atoms in total. The number of allylic oxidation sites excluding steroid dienone is 2. The molecular formula is C36H30O2. The molecule has 0 saturated heterocycles. The van der Waals surface area contributed by atoms with E-state index in [1.165, 1.54) is 22.3 Å². The highest BCUT2D eigenvalue weighted by Crippen LogP contribution is 2.46. The number of benzene rings is 5. The van der Waals surface area contributed by atoms with E-state index in [9.17, 15) is 10.2 Å². The predicted octanol–water partition coefficient (Wildman–Crippen LogP) is 9.31. The lowest BCUT2D eigenvalue weighted by molar-refractivity contribution is 0.476. The molecule has 5 aromatic rings. The Balaban J connectivity index is 1.42. The summed E-state index contributed by atoms with van der Waals surface area (Å²) in [5, 5.41) is 21.3. The van der Waals surface area contributed by atoms with Crippen molar-refractivity contribution in [2.45, 2.75) is 25.2 Å². The molecule has 186 valence electrons. The van der Waals surface area contributed by atoms with Crippen LogP contribution in [0.1, 0.15) is 41.9 Å². The number of hydrogen-bond donors (Lipinski definition) is 2. The Kier molecular flexibility index (Phi) is 6.54. The van der Waals surface area contributed by atoms with Crippen LogP contribution < -0.4 is 0 Å². The van der Waals surface area contributed by atoms with Crippen LogP contribution in [0.5, 0.6) is 11.5 Å². The van der Waals surface area contributed by atoms with Gasteiger partial charge in [-0.2, -0.15) is 0 Å². The SMILES string of the molecule is Oc1ccc(C2=C(c3ccccc3)CC(c3ccc(O)c(-c4ccccc4)c3)CC2)cc1-c1ccccc1. The first-order valence-electron chi connectivity index (χ1n) is 13.2. The van der Waals surface area contributed by atoms with Gasteiger partial charge in [0.1, 0.15) is 11.5 Å². The third kappa shape index (κ3) is 4.73. The standard InChI is InChI=1S/C36H30O2/c37-35-20-17-29(23-33(35)26-12-6-2-7-13-26)28-16-19-31(32(22-28)25-10-4-1-5-11-25)30-18-21-36(38)34(24-30)27-14-8-3-9-15-27/h1-15,17-18,20-21,23-24,28,37-38H,16,19,22H2. The van der Waals surface area contributed by atoms with E-state index in [1.54, 1.807) is 0 Å². The van der Waals surface area contributed by atoms with Crippen LogP contribution in [-0.2, 0) is 0 Å². The summed E-state index contributed by atoms with van der Waals surface area (Å²) in [6.07, 6.45) is 2.88. The second kappa shape index (κ2) is 10.4. The van der Waals surface area contributed by atoms with Gasteiger partial charge in [-0.15, -0.1) is 0 Å². The van der Waals surface area contributed by atoms with Gasteiger partial charge in [0.05, 0.1) is 0 Å². The molecule has 0 amide bonds. The van der Waals surface area contributed by atoms with Crippen LogP contribution in [0.15, 0.2) is 127 Å². The molecule has 38 heavy (non-hydrogen) atoms. The molecule has 0 fully saturated rings. The van der Waals surface area contributed by atoms with E-state index < -0.39 is 0 Å². The molecule has 2 N–H and O–H groups in total. The molecule has 0 spiro atoms. The van der Waals surface area contributed by atoms with Gasteiger partial charge in [0, 0.05) is 11.1 Å². The van der Waals surface area contributed by atoms with E-state index in [4.69, 9.17) is 0 Å². The first-order chi connectivity index (χ1) is 18.7. The zero-order valence-corrected chi connectivity index (χ0v) is 21.2. The lowest BCUT2D eigenvalue weighted by Crippen LogP contribution is -2.09. The minimum atomic E-state index is 0.299. The van der Waals surface area contributed by atoms with Gasteiger partial charge in [0.15, 0.2) is 0 Å². The molecule has 0 aromatic heterocycles. The Hall–Kier alpha value is -4.56. The van der Waals surface area contributed by atoms with Crippen molar-refractivity contribution in [2.75, 3.05) is 0 Å². The molecule has 2 heteroatoms. The molecule has 0 saturated carbocycles. The zero-order chi connectivity index (χ0) is 25.9. The highest BCUT2D eigenvalue weighted by atomic mass is 16.3. The molecule has 0 aliphatic heterocycles. The fourth-order valence-corrected chi connectivity index (χ4v) is 5.70. The Morgan fingerprint density at radius 3 is 1.61 bits per heavy atom. The smallest absolute Gasteiger partial charge is 0.123 e. The number of phenolic OH excluding ortho intramolecular Hbond substituents is 2. The minimum Gasteiger partial charge on any atom is -0.507 e. The average Bonchev–Trinajstić information content (AvgIpc) is 2.99. The summed E-state index contributed by atoms with van der Waals surface area (Å²) in [4.78, 5) is 0. The summed E-state index contributed by atoms with van der Waals surface area (Å²) < 4.78 is 0. The second-order valence-corrected chi connectivity index (χ2v) is 10.0. The van der Waals surface area contributed by atoms with Crippen LogP contribution in [0.2, 0.25) is 0 Å². The topological polar surface area (TPSA) is 40.5 Å². The van der Waals surface area contributed by atoms with Crippen LogP contribution >= 0.6 is 0 Å². The van der Waals surface area contributed by atoms with Crippen molar-refractivity contribution in [1.82, 2.24) is 0 Å². The normalized spacial score (nSPS) is 15.4. The van der Waals surface area contributed by atoms with E-state index in [-0.39, 0.29) is 0 Å². The van der Waals surface area contributed by atoms with Gasteiger partial charge < -0.3 is 10.2 Å². The molecule has 1 aliphatic rings. The number of aromatic hydroxyl groups is 2. The second-order valence-electron chi connectivity index (χ2n) is 10.0. The third-order valence-corrected chi connectivity index (χ3v) is 7.69. The number of phenols is 2. The van der Waals surface area contributed by atoms with E-state index in [1.807, 2.05) is 72.8 Å². The van der Waals surface area contributed by atoms with Crippen molar-refractivity contribution in [2.24, 2.45) is 0 Å². The van der Waals surface area contributed by atoms with Crippen molar-refractivity contribution in [3.63, 3.8) is 0 Å². The largest absolute Gasteiger partial charge is 0.507 e. The molecule has 1 unspecified atom stereocenters. The number of hydrogen-bond acceptors (Lipinski definition) is 2. The van der Waals surface area contributed by atoms with Gasteiger partial charge in [-0.05, 0) is 88.4 Å². The summed E-state index contributed by atoms with van der Waals surface area (Å²) >= 11 is 0. The Morgan fingerprint density at radius 2 is 1.00 bits per heavy atom. The Morgan fingerprint density at radius 1 is 0.474 bits per heavy atom. The highest BCUT2D eigenvalue weighted by molar-refractivity contribution is 5.93. The Bertz CT molecular complexity index is 1590. The van der Waals surface area contributed by atoms with E-state index in [0.29, 0.717) is 17.4 Å². The van der Waals surface area contributed by atoms with Gasteiger partial charge in [-0.1, -0.05) is 103 Å². The van der Waals surface area contributed by atoms with Gasteiger partial charge in [-0.25, -0.2) is 0 Å². The highest BCUT2D eigenvalue weighted by Gasteiger charge is 2.25. The monoisotopic (exact) mass is 494 g/mol. The lowest BCUT2D eigenvalue weighted by atomic mass is 9.75. The molecule has 0 heterocycles. The zero-order valence-electron chi connectivity index (χ0n) is 21.2. The van der Waals surface area contributed by atoms with Gasteiger partial charge in [-0.3, -0.25) is 0 Å². The van der Waals surface area contributed by atoms with Crippen molar-refractivity contribution in [1.29, 1.82) is 0 Å². The first-order valence-corrected chi connectivity index (χ1v) is 13.2. The van der Waals surface area contributed by atoms with Gasteiger partial charge in [0.2, 0.25) is 0 Å². The van der Waals surface area contributed by atoms with Crippen molar-refractivity contribution in [3.05, 3.63) is 144 Å². The molecular weight excluding hydrogens is 464 g/mol. The molecule has 6 rings (SSSR count). The van der Waals surface area contributed by atoms with Gasteiger partial charge in [0.25, 0.3) is 0 Å². The quantitative estimate of drug-likeness (QED) is 0.255. The summed E-state index contributed by atoms with van der Waals surface area (Å²) in [6.45, 7) is 0. The first kappa shape index (κ1) is 23.8. The van der Waals surface area contributed by atoms with E-state index >= 15 is 0 Å². The molecule has 1 atom stereocenters. The van der Waals surface area contributed by atoms with Crippen LogP contribution in [0.4, 0.5) is 0 Å². The van der Waals surface area contributed by atoms with E-state index in [0.717, 1.165) is 47.1 Å². The van der Waals surface area contributed by atoms with Crippen molar-refractivity contribution >= 4 is 11.1 Å². The molecule has 1 aliphatic carbocycles. The van der Waals surface area contributed by atoms with E-state index in [2.05, 4.69) is 54.6 Å². The predicted molar refractivity (Wildman–Crippen MR) is 157 cm³/mol. The maximum absolute atomic E-state index is 10.7. The lowest BCUT2D eigenvalue weighted by Gasteiger charge is -2.29. The van der Waals surface area contributed by atoms with Crippen molar-refractivity contribution in [3.8, 4) is 33.8 Å². The maximum atomic E-state index is 10.7. The van der Waals surface area contributed by atoms with Crippen molar-refractivity contribution < 1.29 is 10.2 Å². The summed E-state index contributed by atoms with van der Waals surface area (Å²) in [6, 6.07) is 42.9. The summed E-state index contributed by atoms with van der Waals surface area (Å²) in [5.74, 6) is 0.962. The average molecular weight is 495 g/mol. The molecule has 5 aromatic carbocycles. The molecule has 0 bridgehead atoms. The fourth-order valence-electron chi connectivity index (χ4n) is 5.70. The maximum Gasteiger partial charge on any atom is 0.123 e. The number of rotatable bonds is 5. The van der Waals surface area contributed by atoms with Gasteiger partial charge >= 0.3 is 0 Å².